The zero-order valence-electron chi connectivity index (χ0n) is 15.7. The fourth-order valence-corrected chi connectivity index (χ4v) is 3.15. The molecule has 0 aromatic heterocycles. The SMILES string of the molecule is CC(=O)Nc1cccc(N2C[C@@H](C(=O)Nc3cccc(C(C)=O)c3)CC2=O)c1. The molecule has 2 aromatic rings. The van der Waals surface area contributed by atoms with Crippen LogP contribution < -0.4 is 15.5 Å². The molecule has 7 heteroatoms. The predicted molar refractivity (Wildman–Crippen MR) is 106 cm³/mol. The Labute approximate surface area is 162 Å². The zero-order valence-corrected chi connectivity index (χ0v) is 15.7. The molecule has 2 aromatic carbocycles. The number of nitrogens with zero attached hydrogens (tertiary/aromatic N) is 1. The van der Waals surface area contributed by atoms with Crippen LogP contribution in [0.5, 0.6) is 0 Å². The van der Waals surface area contributed by atoms with E-state index in [0.717, 1.165) is 0 Å². The van der Waals surface area contributed by atoms with Crippen molar-refractivity contribution in [1.82, 2.24) is 0 Å². The highest BCUT2D eigenvalue weighted by Gasteiger charge is 2.35. The summed E-state index contributed by atoms with van der Waals surface area (Å²) < 4.78 is 0. The van der Waals surface area contributed by atoms with Crippen molar-refractivity contribution in [1.29, 1.82) is 0 Å². The Hall–Kier alpha value is -3.48. The van der Waals surface area contributed by atoms with Crippen LogP contribution in [0.15, 0.2) is 48.5 Å². The van der Waals surface area contributed by atoms with E-state index in [1.165, 1.54) is 13.8 Å². The monoisotopic (exact) mass is 379 g/mol. The summed E-state index contributed by atoms with van der Waals surface area (Å²) in [5.41, 5.74) is 2.25. The van der Waals surface area contributed by atoms with E-state index < -0.39 is 5.92 Å². The third-order valence-corrected chi connectivity index (χ3v) is 4.51. The fraction of sp³-hybridized carbons (Fsp3) is 0.238. The highest BCUT2D eigenvalue weighted by Crippen LogP contribution is 2.28. The Morgan fingerprint density at radius 2 is 1.64 bits per heavy atom. The van der Waals surface area contributed by atoms with Crippen molar-refractivity contribution >= 4 is 40.6 Å². The van der Waals surface area contributed by atoms with Crippen molar-refractivity contribution in [2.75, 3.05) is 22.1 Å². The lowest BCUT2D eigenvalue weighted by Gasteiger charge is -2.18. The van der Waals surface area contributed by atoms with Crippen molar-refractivity contribution in [2.24, 2.45) is 5.92 Å². The van der Waals surface area contributed by atoms with Crippen molar-refractivity contribution in [2.45, 2.75) is 20.3 Å². The van der Waals surface area contributed by atoms with Crippen LogP contribution in [0.4, 0.5) is 17.1 Å². The molecule has 7 nitrogen and oxygen atoms in total. The molecule has 28 heavy (non-hydrogen) atoms. The Bertz CT molecular complexity index is 954. The molecule has 0 bridgehead atoms. The van der Waals surface area contributed by atoms with Crippen molar-refractivity contribution in [3.63, 3.8) is 0 Å². The van der Waals surface area contributed by atoms with E-state index in [4.69, 9.17) is 0 Å². The number of anilines is 3. The Morgan fingerprint density at radius 3 is 2.32 bits per heavy atom. The number of nitrogens with one attached hydrogen (secondary N) is 2. The van der Waals surface area contributed by atoms with Gasteiger partial charge in [-0.1, -0.05) is 18.2 Å². The maximum Gasteiger partial charge on any atom is 0.229 e. The van der Waals surface area contributed by atoms with Crippen molar-refractivity contribution in [3.05, 3.63) is 54.1 Å². The van der Waals surface area contributed by atoms with Crippen LogP contribution >= 0.6 is 0 Å². The van der Waals surface area contributed by atoms with Crippen LogP contribution in [0.1, 0.15) is 30.6 Å². The first-order valence-corrected chi connectivity index (χ1v) is 8.93. The molecule has 1 atom stereocenters. The van der Waals surface area contributed by atoms with Gasteiger partial charge < -0.3 is 15.5 Å². The van der Waals surface area contributed by atoms with Crippen LogP contribution in [0.3, 0.4) is 0 Å². The molecule has 1 heterocycles. The summed E-state index contributed by atoms with van der Waals surface area (Å²) >= 11 is 0. The van der Waals surface area contributed by atoms with Gasteiger partial charge in [0, 0.05) is 42.5 Å². The molecule has 0 unspecified atom stereocenters. The average Bonchev–Trinajstić information content (AvgIpc) is 3.03. The maximum atomic E-state index is 12.6. The van der Waals surface area contributed by atoms with Gasteiger partial charge in [-0.15, -0.1) is 0 Å². The van der Waals surface area contributed by atoms with Gasteiger partial charge in [-0.05, 0) is 37.3 Å². The van der Waals surface area contributed by atoms with Crippen LogP contribution in [0.25, 0.3) is 0 Å². The number of amides is 3. The quantitative estimate of drug-likeness (QED) is 0.781. The number of benzene rings is 2. The molecule has 1 aliphatic heterocycles. The first kappa shape index (κ1) is 19.3. The van der Waals surface area contributed by atoms with Gasteiger partial charge in [-0.3, -0.25) is 19.2 Å². The number of rotatable bonds is 5. The minimum absolute atomic E-state index is 0.0858. The second kappa shape index (κ2) is 8.04. The lowest BCUT2D eigenvalue weighted by Crippen LogP contribution is -2.28. The van der Waals surface area contributed by atoms with Gasteiger partial charge in [-0.25, -0.2) is 0 Å². The first-order chi connectivity index (χ1) is 13.3. The lowest BCUT2D eigenvalue weighted by molar-refractivity contribution is -0.122. The Balaban J connectivity index is 1.70. The van der Waals surface area contributed by atoms with E-state index in [0.29, 0.717) is 22.6 Å². The number of ketones is 1. The van der Waals surface area contributed by atoms with E-state index in [1.54, 1.807) is 53.4 Å². The summed E-state index contributed by atoms with van der Waals surface area (Å²) in [6.07, 6.45) is 0.0998. The number of hydrogen-bond donors (Lipinski definition) is 2. The third-order valence-electron chi connectivity index (χ3n) is 4.51. The molecular formula is C21H21N3O4. The normalized spacial score (nSPS) is 16.0. The van der Waals surface area contributed by atoms with E-state index in [9.17, 15) is 19.2 Å². The number of hydrogen-bond acceptors (Lipinski definition) is 4. The van der Waals surface area contributed by atoms with Gasteiger partial charge in [0.25, 0.3) is 0 Å². The number of carbonyl (C=O) groups excluding carboxylic acids is 4. The van der Waals surface area contributed by atoms with Gasteiger partial charge in [0.1, 0.15) is 0 Å². The summed E-state index contributed by atoms with van der Waals surface area (Å²) in [7, 11) is 0. The second-order valence-electron chi connectivity index (χ2n) is 6.76. The van der Waals surface area contributed by atoms with Gasteiger partial charge in [0.2, 0.25) is 17.7 Å². The smallest absolute Gasteiger partial charge is 0.229 e. The number of carbonyl (C=O) groups is 4. The Kier molecular flexibility index (Phi) is 5.54. The fourth-order valence-electron chi connectivity index (χ4n) is 3.15. The van der Waals surface area contributed by atoms with Crippen molar-refractivity contribution < 1.29 is 19.2 Å². The highest BCUT2D eigenvalue weighted by atomic mass is 16.2. The van der Waals surface area contributed by atoms with Crippen LogP contribution in [-0.4, -0.2) is 30.0 Å². The van der Waals surface area contributed by atoms with Crippen LogP contribution in [0.2, 0.25) is 0 Å². The van der Waals surface area contributed by atoms with Crippen molar-refractivity contribution in [3.8, 4) is 0 Å². The van der Waals surface area contributed by atoms with E-state index in [-0.39, 0.29) is 36.5 Å². The standard InChI is InChI=1S/C21H21N3O4/c1-13(25)15-5-3-6-17(9-15)23-21(28)16-10-20(27)24(12-16)19-8-4-7-18(11-19)22-14(2)26/h3-9,11,16H,10,12H2,1-2H3,(H,22,26)(H,23,28)/t16-/m0/s1. The van der Waals surface area contributed by atoms with Gasteiger partial charge in [-0.2, -0.15) is 0 Å². The molecule has 0 radical (unpaired) electrons. The summed E-state index contributed by atoms with van der Waals surface area (Å²) in [6.45, 7) is 3.12. The van der Waals surface area contributed by atoms with Gasteiger partial charge >= 0.3 is 0 Å². The Morgan fingerprint density at radius 1 is 0.964 bits per heavy atom. The summed E-state index contributed by atoms with van der Waals surface area (Å²) in [5.74, 6) is -1.21. The van der Waals surface area contributed by atoms with Crippen LogP contribution in [0, 0.1) is 5.92 Å². The molecular weight excluding hydrogens is 358 g/mol. The molecule has 1 saturated heterocycles. The molecule has 3 amide bonds. The maximum absolute atomic E-state index is 12.6. The molecule has 0 spiro atoms. The molecule has 1 aliphatic rings. The van der Waals surface area contributed by atoms with Gasteiger partial charge in [0.15, 0.2) is 5.78 Å². The topological polar surface area (TPSA) is 95.6 Å². The highest BCUT2D eigenvalue weighted by molar-refractivity contribution is 6.04. The molecule has 144 valence electrons. The zero-order chi connectivity index (χ0) is 20.3. The lowest BCUT2D eigenvalue weighted by atomic mass is 10.1. The summed E-state index contributed by atoms with van der Waals surface area (Å²) in [6, 6.07) is 13.6. The summed E-state index contributed by atoms with van der Waals surface area (Å²) in [4.78, 5) is 49.3. The first-order valence-electron chi connectivity index (χ1n) is 8.93. The average molecular weight is 379 g/mol. The van der Waals surface area contributed by atoms with E-state index in [2.05, 4.69) is 10.6 Å². The largest absolute Gasteiger partial charge is 0.326 e. The molecule has 1 fully saturated rings. The number of Topliss-reactive ketones (excluding diaryl/α,β-unsaturated/α-hetero) is 1. The minimum Gasteiger partial charge on any atom is -0.326 e. The molecule has 0 aliphatic carbocycles. The second-order valence-corrected chi connectivity index (χ2v) is 6.76. The predicted octanol–water partition coefficient (Wildman–Crippen LogP) is 2.84. The molecule has 0 saturated carbocycles. The molecule has 2 N–H and O–H groups in total. The van der Waals surface area contributed by atoms with E-state index >= 15 is 0 Å². The third kappa shape index (κ3) is 4.43. The minimum atomic E-state index is -0.502. The van der Waals surface area contributed by atoms with E-state index in [1.807, 2.05) is 0 Å². The van der Waals surface area contributed by atoms with Gasteiger partial charge in [0.05, 0.1) is 5.92 Å². The summed E-state index contributed by atoms with van der Waals surface area (Å²) in [5, 5.41) is 5.46. The molecule has 3 rings (SSSR count). The van der Waals surface area contributed by atoms with Crippen LogP contribution in [-0.2, 0) is 14.4 Å².